The molecule has 0 fully saturated rings. The van der Waals surface area contributed by atoms with Crippen LogP contribution in [0.25, 0.3) is 0 Å². The minimum atomic E-state index is -0.325. The van der Waals surface area contributed by atoms with E-state index in [4.69, 9.17) is 0 Å². The predicted octanol–water partition coefficient (Wildman–Crippen LogP) is 1.18. The van der Waals surface area contributed by atoms with Crippen LogP contribution in [0, 0.1) is 0 Å². The number of halogens is 1. The summed E-state index contributed by atoms with van der Waals surface area (Å²) in [5, 5.41) is 19.7. The molecule has 6 nitrogen and oxygen atoms in total. The van der Waals surface area contributed by atoms with Crippen molar-refractivity contribution in [1.29, 1.82) is 0 Å². The number of carbonyl (C=O) groups excluding carboxylic acids is 1. The summed E-state index contributed by atoms with van der Waals surface area (Å²) in [6.45, 7) is 0.939. The third kappa shape index (κ3) is 3.07. The molecule has 0 radical (unpaired) electrons. The lowest BCUT2D eigenvalue weighted by atomic mass is 10.2. The molecule has 0 aliphatic heterocycles. The second kappa shape index (κ2) is 5.63. The quantitative estimate of drug-likeness (QED) is 0.888. The number of nitrogens with zero attached hydrogens (tertiary/aromatic N) is 3. The van der Waals surface area contributed by atoms with Crippen LogP contribution in [0.3, 0.4) is 0 Å². The number of hydrogen-bond acceptors (Lipinski definition) is 4. The van der Waals surface area contributed by atoms with Crippen LogP contribution in [0.1, 0.15) is 10.4 Å². The van der Waals surface area contributed by atoms with Crippen molar-refractivity contribution < 1.29 is 9.90 Å². The number of amides is 1. The zero-order valence-corrected chi connectivity index (χ0v) is 11.0. The van der Waals surface area contributed by atoms with Crippen molar-refractivity contribution in [3.05, 3.63) is 40.6 Å². The maximum Gasteiger partial charge on any atom is 0.255 e. The lowest BCUT2D eigenvalue weighted by molar-refractivity contribution is 0.0949. The highest BCUT2D eigenvalue weighted by molar-refractivity contribution is 9.10. The van der Waals surface area contributed by atoms with Gasteiger partial charge in [-0.05, 0) is 18.2 Å². The highest BCUT2D eigenvalue weighted by Gasteiger charge is 2.10. The molecule has 0 aliphatic carbocycles. The van der Waals surface area contributed by atoms with Gasteiger partial charge in [-0.3, -0.25) is 9.48 Å². The highest BCUT2D eigenvalue weighted by Crippen LogP contribution is 2.21. The first kappa shape index (κ1) is 12.6. The largest absolute Gasteiger partial charge is 0.507 e. The van der Waals surface area contributed by atoms with Gasteiger partial charge in [-0.2, -0.15) is 0 Å². The third-order valence-electron chi connectivity index (χ3n) is 2.30. The van der Waals surface area contributed by atoms with Crippen molar-refractivity contribution in [2.45, 2.75) is 6.54 Å². The second-order valence-electron chi connectivity index (χ2n) is 3.58. The molecule has 7 heteroatoms. The molecule has 0 aliphatic rings. The van der Waals surface area contributed by atoms with Crippen LogP contribution in [-0.2, 0) is 6.54 Å². The van der Waals surface area contributed by atoms with Crippen LogP contribution in [-0.4, -0.2) is 32.6 Å². The SMILES string of the molecule is O=C(NCCn1ccnn1)c1cc(Br)ccc1O. The molecule has 0 saturated carbocycles. The molecule has 2 rings (SSSR count). The fourth-order valence-corrected chi connectivity index (χ4v) is 1.78. The summed E-state index contributed by atoms with van der Waals surface area (Å²) in [5.41, 5.74) is 0.239. The normalized spacial score (nSPS) is 10.3. The Labute approximate surface area is 112 Å². The van der Waals surface area contributed by atoms with Gasteiger partial charge in [-0.15, -0.1) is 5.10 Å². The molecular weight excluding hydrogens is 300 g/mol. The molecule has 0 saturated heterocycles. The molecule has 1 aromatic heterocycles. The topological polar surface area (TPSA) is 80.0 Å². The van der Waals surface area contributed by atoms with E-state index in [1.807, 2.05) is 0 Å². The monoisotopic (exact) mass is 310 g/mol. The minimum absolute atomic E-state index is 0.0449. The Morgan fingerprint density at radius 2 is 2.33 bits per heavy atom. The van der Waals surface area contributed by atoms with Crippen molar-refractivity contribution in [2.75, 3.05) is 6.54 Å². The maximum atomic E-state index is 11.8. The lowest BCUT2D eigenvalue weighted by Crippen LogP contribution is -2.27. The first-order chi connectivity index (χ1) is 8.66. The van der Waals surface area contributed by atoms with Gasteiger partial charge in [-0.1, -0.05) is 21.1 Å². The van der Waals surface area contributed by atoms with E-state index >= 15 is 0 Å². The molecule has 1 amide bonds. The molecule has 18 heavy (non-hydrogen) atoms. The van der Waals surface area contributed by atoms with E-state index < -0.39 is 0 Å². The molecule has 0 spiro atoms. The van der Waals surface area contributed by atoms with Crippen molar-refractivity contribution in [3.63, 3.8) is 0 Å². The van der Waals surface area contributed by atoms with Crippen molar-refractivity contribution in [1.82, 2.24) is 20.3 Å². The van der Waals surface area contributed by atoms with Crippen LogP contribution in [0.2, 0.25) is 0 Å². The Hall–Kier alpha value is -1.89. The Balaban J connectivity index is 1.93. The number of phenols is 1. The number of phenolic OH excluding ortho intramolecular Hbond substituents is 1. The number of benzene rings is 1. The standard InChI is InChI=1S/C11H11BrN4O2/c12-8-1-2-10(17)9(7-8)11(18)13-3-5-16-6-4-14-15-16/h1-2,4,6-7,17H,3,5H2,(H,13,18). The van der Waals surface area contributed by atoms with Gasteiger partial charge in [0.15, 0.2) is 0 Å². The number of aromatic nitrogens is 3. The number of aromatic hydroxyl groups is 1. The summed E-state index contributed by atoms with van der Waals surface area (Å²) in [5.74, 6) is -0.370. The van der Waals surface area contributed by atoms with Gasteiger partial charge in [0.2, 0.25) is 0 Å². The number of hydrogen-bond donors (Lipinski definition) is 2. The van der Waals surface area contributed by atoms with Gasteiger partial charge < -0.3 is 10.4 Å². The Bertz CT molecular complexity index is 542. The minimum Gasteiger partial charge on any atom is -0.507 e. The van der Waals surface area contributed by atoms with Crippen molar-refractivity contribution >= 4 is 21.8 Å². The molecular formula is C11H11BrN4O2. The molecule has 0 unspecified atom stereocenters. The van der Waals surface area contributed by atoms with Crippen LogP contribution in [0.5, 0.6) is 5.75 Å². The van der Waals surface area contributed by atoms with Gasteiger partial charge in [0.1, 0.15) is 5.75 Å². The summed E-state index contributed by atoms with van der Waals surface area (Å²) < 4.78 is 2.35. The molecule has 94 valence electrons. The molecule has 0 bridgehead atoms. The fraction of sp³-hybridized carbons (Fsp3) is 0.182. The van der Waals surface area contributed by atoms with E-state index in [-0.39, 0.29) is 17.2 Å². The number of carbonyl (C=O) groups is 1. The Kier molecular flexibility index (Phi) is 3.93. The summed E-state index contributed by atoms with van der Waals surface area (Å²) in [6.07, 6.45) is 3.28. The Morgan fingerprint density at radius 3 is 3.06 bits per heavy atom. The molecule has 0 atom stereocenters. The van der Waals surface area contributed by atoms with Crippen LogP contribution in [0.15, 0.2) is 35.1 Å². The zero-order chi connectivity index (χ0) is 13.0. The smallest absolute Gasteiger partial charge is 0.255 e. The van der Waals surface area contributed by atoms with Crippen molar-refractivity contribution in [3.8, 4) is 5.75 Å². The summed E-state index contributed by atoms with van der Waals surface area (Å²) in [7, 11) is 0. The Morgan fingerprint density at radius 1 is 1.50 bits per heavy atom. The van der Waals surface area contributed by atoms with Gasteiger partial charge in [-0.25, -0.2) is 0 Å². The number of rotatable bonds is 4. The van der Waals surface area contributed by atoms with E-state index in [9.17, 15) is 9.90 Å². The maximum absolute atomic E-state index is 11.8. The van der Waals surface area contributed by atoms with E-state index in [1.54, 1.807) is 29.2 Å². The van der Waals surface area contributed by atoms with Crippen molar-refractivity contribution in [2.24, 2.45) is 0 Å². The molecule has 1 heterocycles. The third-order valence-corrected chi connectivity index (χ3v) is 2.79. The summed E-state index contributed by atoms with van der Waals surface area (Å²) in [6, 6.07) is 4.71. The first-order valence-electron chi connectivity index (χ1n) is 5.27. The van der Waals surface area contributed by atoms with Gasteiger partial charge in [0.05, 0.1) is 18.3 Å². The highest BCUT2D eigenvalue weighted by atomic mass is 79.9. The fourth-order valence-electron chi connectivity index (χ4n) is 1.42. The molecule has 2 aromatic rings. The lowest BCUT2D eigenvalue weighted by Gasteiger charge is -2.07. The van der Waals surface area contributed by atoms with Crippen LogP contribution < -0.4 is 5.32 Å². The van der Waals surface area contributed by atoms with E-state index in [0.717, 1.165) is 4.47 Å². The van der Waals surface area contributed by atoms with Gasteiger partial charge >= 0.3 is 0 Å². The van der Waals surface area contributed by atoms with E-state index in [0.29, 0.717) is 13.1 Å². The van der Waals surface area contributed by atoms with Gasteiger partial charge in [0.25, 0.3) is 5.91 Å². The predicted molar refractivity (Wildman–Crippen MR) is 68.2 cm³/mol. The zero-order valence-electron chi connectivity index (χ0n) is 9.38. The summed E-state index contributed by atoms with van der Waals surface area (Å²) in [4.78, 5) is 11.8. The summed E-state index contributed by atoms with van der Waals surface area (Å²) >= 11 is 3.25. The molecule has 2 N–H and O–H groups in total. The van der Waals surface area contributed by atoms with Crippen LogP contribution in [0.4, 0.5) is 0 Å². The van der Waals surface area contributed by atoms with Crippen LogP contribution >= 0.6 is 15.9 Å². The second-order valence-corrected chi connectivity index (χ2v) is 4.50. The average Bonchev–Trinajstić information content (AvgIpc) is 2.85. The average molecular weight is 311 g/mol. The first-order valence-corrected chi connectivity index (χ1v) is 6.07. The molecule has 1 aromatic carbocycles. The number of nitrogens with one attached hydrogen (secondary N) is 1. The van der Waals surface area contributed by atoms with E-state index in [1.165, 1.54) is 6.07 Å². The van der Waals surface area contributed by atoms with E-state index in [2.05, 4.69) is 31.6 Å². The van der Waals surface area contributed by atoms with Gasteiger partial charge in [0, 0.05) is 17.2 Å².